The highest BCUT2D eigenvalue weighted by atomic mass is 79.9. The molecule has 0 spiro atoms. The standard InChI is InChI=1S/C15H23BrN2/c1-2-18-9-4-3-6-13(11-17)15(18)12-7-5-8-14(16)10-12/h5,7-8,10,13,15H,2-4,6,9,11,17H2,1H3. The summed E-state index contributed by atoms with van der Waals surface area (Å²) in [5.41, 5.74) is 7.42. The smallest absolute Gasteiger partial charge is 0.0388 e. The first-order chi connectivity index (χ1) is 8.76. The molecular weight excluding hydrogens is 288 g/mol. The summed E-state index contributed by atoms with van der Waals surface area (Å²) in [6.45, 7) is 5.34. The Kier molecular flexibility index (Phi) is 5.22. The van der Waals surface area contributed by atoms with Crippen molar-refractivity contribution in [3.05, 3.63) is 34.3 Å². The molecule has 18 heavy (non-hydrogen) atoms. The SMILES string of the molecule is CCN1CCCCC(CN)C1c1cccc(Br)c1. The molecule has 2 rings (SSSR count). The molecule has 0 radical (unpaired) electrons. The van der Waals surface area contributed by atoms with Gasteiger partial charge in [-0.3, -0.25) is 4.90 Å². The fraction of sp³-hybridized carbons (Fsp3) is 0.600. The molecule has 2 atom stereocenters. The van der Waals surface area contributed by atoms with Gasteiger partial charge in [-0.05, 0) is 56.1 Å². The molecule has 0 saturated carbocycles. The van der Waals surface area contributed by atoms with Crippen molar-refractivity contribution >= 4 is 15.9 Å². The fourth-order valence-electron chi connectivity index (χ4n) is 3.09. The summed E-state index contributed by atoms with van der Waals surface area (Å²) >= 11 is 3.58. The fourth-order valence-corrected chi connectivity index (χ4v) is 3.51. The van der Waals surface area contributed by atoms with Crippen molar-refractivity contribution in [1.29, 1.82) is 0 Å². The van der Waals surface area contributed by atoms with Crippen LogP contribution >= 0.6 is 15.9 Å². The Labute approximate surface area is 119 Å². The lowest BCUT2D eigenvalue weighted by Gasteiger charge is -2.34. The second-order valence-electron chi connectivity index (χ2n) is 5.12. The highest BCUT2D eigenvalue weighted by molar-refractivity contribution is 9.10. The molecule has 1 aromatic rings. The van der Waals surface area contributed by atoms with E-state index in [1.807, 2.05) is 0 Å². The maximum absolute atomic E-state index is 6.02. The van der Waals surface area contributed by atoms with E-state index in [-0.39, 0.29) is 0 Å². The number of nitrogens with two attached hydrogens (primary N) is 1. The van der Waals surface area contributed by atoms with Gasteiger partial charge in [0.1, 0.15) is 0 Å². The van der Waals surface area contributed by atoms with Gasteiger partial charge in [0.2, 0.25) is 0 Å². The molecule has 1 aliphatic heterocycles. The van der Waals surface area contributed by atoms with Crippen molar-refractivity contribution in [2.75, 3.05) is 19.6 Å². The van der Waals surface area contributed by atoms with Crippen molar-refractivity contribution in [3.8, 4) is 0 Å². The predicted molar refractivity (Wildman–Crippen MR) is 80.5 cm³/mol. The second kappa shape index (κ2) is 6.69. The molecule has 100 valence electrons. The maximum atomic E-state index is 6.02. The molecular formula is C15H23BrN2. The lowest BCUT2D eigenvalue weighted by atomic mass is 9.89. The average molecular weight is 311 g/mol. The van der Waals surface area contributed by atoms with Crippen molar-refractivity contribution in [2.45, 2.75) is 32.2 Å². The zero-order valence-electron chi connectivity index (χ0n) is 11.1. The van der Waals surface area contributed by atoms with Crippen LogP contribution in [0.5, 0.6) is 0 Å². The summed E-state index contributed by atoms with van der Waals surface area (Å²) in [6.07, 6.45) is 3.86. The van der Waals surface area contributed by atoms with Crippen LogP contribution in [0.1, 0.15) is 37.8 Å². The largest absolute Gasteiger partial charge is 0.330 e. The van der Waals surface area contributed by atoms with Gasteiger partial charge >= 0.3 is 0 Å². The van der Waals surface area contributed by atoms with Crippen LogP contribution in [-0.4, -0.2) is 24.5 Å². The number of hydrogen-bond acceptors (Lipinski definition) is 2. The van der Waals surface area contributed by atoms with Crippen LogP contribution in [0.15, 0.2) is 28.7 Å². The van der Waals surface area contributed by atoms with Crippen LogP contribution in [0.3, 0.4) is 0 Å². The van der Waals surface area contributed by atoms with E-state index in [0.29, 0.717) is 12.0 Å². The van der Waals surface area contributed by atoms with Crippen LogP contribution in [0.4, 0.5) is 0 Å². The third kappa shape index (κ3) is 3.14. The number of rotatable bonds is 3. The lowest BCUT2D eigenvalue weighted by Crippen LogP contribution is -2.35. The Morgan fingerprint density at radius 1 is 1.39 bits per heavy atom. The summed E-state index contributed by atoms with van der Waals surface area (Å²) in [5.74, 6) is 0.585. The van der Waals surface area contributed by atoms with Crippen molar-refractivity contribution in [3.63, 3.8) is 0 Å². The number of nitrogens with zero attached hydrogens (tertiary/aromatic N) is 1. The molecule has 3 heteroatoms. The van der Waals surface area contributed by atoms with Crippen LogP contribution in [-0.2, 0) is 0 Å². The van der Waals surface area contributed by atoms with E-state index in [4.69, 9.17) is 5.73 Å². The van der Waals surface area contributed by atoms with Crippen LogP contribution in [0.25, 0.3) is 0 Å². The van der Waals surface area contributed by atoms with Crippen LogP contribution in [0.2, 0.25) is 0 Å². The molecule has 2 nitrogen and oxygen atoms in total. The average Bonchev–Trinajstić information content (AvgIpc) is 2.60. The maximum Gasteiger partial charge on any atom is 0.0388 e. The van der Waals surface area contributed by atoms with Gasteiger partial charge in [0, 0.05) is 10.5 Å². The zero-order chi connectivity index (χ0) is 13.0. The highest BCUT2D eigenvalue weighted by Crippen LogP contribution is 2.35. The molecule has 1 aromatic carbocycles. The van der Waals surface area contributed by atoms with E-state index in [1.165, 1.54) is 31.4 Å². The third-order valence-corrected chi connectivity index (χ3v) is 4.50. The van der Waals surface area contributed by atoms with E-state index >= 15 is 0 Å². The first-order valence-electron chi connectivity index (χ1n) is 6.95. The van der Waals surface area contributed by atoms with E-state index in [9.17, 15) is 0 Å². The summed E-state index contributed by atoms with van der Waals surface area (Å²) in [6, 6.07) is 9.20. The Bertz CT molecular complexity index is 367. The van der Waals surface area contributed by atoms with E-state index in [0.717, 1.165) is 17.6 Å². The van der Waals surface area contributed by atoms with Crippen LogP contribution < -0.4 is 5.73 Å². The highest BCUT2D eigenvalue weighted by Gasteiger charge is 2.29. The molecule has 0 aliphatic carbocycles. The minimum atomic E-state index is 0.486. The molecule has 0 amide bonds. The number of likely N-dealkylation sites (tertiary alicyclic amines) is 1. The van der Waals surface area contributed by atoms with Crippen molar-refractivity contribution < 1.29 is 0 Å². The summed E-state index contributed by atoms with van der Waals surface area (Å²) in [4.78, 5) is 2.59. The van der Waals surface area contributed by atoms with E-state index in [2.05, 4.69) is 52.0 Å². The minimum Gasteiger partial charge on any atom is -0.330 e. The molecule has 1 fully saturated rings. The van der Waals surface area contributed by atoms with Gasteiger partial charge in [-0.25, -0.2) is 0 Å². The number of benzene rings is 1. The van der Waals surface area contributed by atoms with E-state index in [1.54, 1.807) is 0 Å². The molecule has 1 aliphatic rings. The molecule has 1 saturated heterocycles. The Hall–Kier alpha value is -0.380. The van der Waals surface area contributed by atoms with Gasteiger partial charge < -0.3 is 5.73 Å². The first kappa shape index (κ1) is 14.0. The van der Waals surface area contributed by atoms with Gasteiger partial charge in [0.15, 0.2) is 0 Å². The number of hydrogen-bond donors (Lipinski definition) is 1. The molecule has 0 aromatic heterocycles. The van der Waals surface area contributed by atoms with Gasteiger partial charge in [-0.2, -0.15) is 0 Å². The Morgan fingerprint density at radius 3 is 2.89 bits per heavy atom. The van der Waals surface area contributed by atoms with Gasteiger partial charge in [-0.15, -0.1) is 0 Å². The monoisotopic (exact) mass is 310 g/mol. The van der Waals surface area contributed by atoms with Crippen molar-refractivity contribution in [1.82, 2.24) is 4.90 Å². The number of halogens is 1. The predicted octanol–water partition coefficient (Wildman–Crippen LogP) is 3.57. The molecule has 0 bridgehead atoms. The topological polar surface area (TPSA) is 29.3 Å². The summed E-state index contributed by atoms with van der Waals surface area (Å²) < 4.78 is 1.16. The van der Waals surface area contributed by atoms with Crippen LogP contribution in [0, 0.1) is 5.92 Å². The zero-order valence-corrected chi connectivity index (χ0v) is 12.7. The van der Waals surface area contributed by atoms with Crippen molar-refractivity contribution in [2.24, 2.45) is 11.7 Å². The molecule has 2 unspecified atom stereocenters. The Balaban J connectivity index is 2.32. The van der Waals surface area contributed by atoms with E-state index < -0.39 is 0 Å². The normalized spacial score (nSPS) is 25.9. The second-order valence-corrected chi connectivity index (χ2v) is 6.04. The first-order valence-corrected chi connectivity index (χ1v) is 7.75. The summed E-state index contributed by atoms with van der Waals surface area (Å²) in [7, 11) is 0. The quantitative estimate of drug-likeness (QED) is 0.924. The van der Waals surface area contributed by atoms with Gasteiger partial charge in [0.25, 0.3) is 0 Å². The summed E-state index contributed by atoms with van der Waals surface area (Å²) in [5, 5.41) is 0. The molecule has 2 N–H and O–H groups in total. The van der Waals surface area contributed by atoms with Gasteiger partial charge in [-0.1, -0.05) is 41.4 Å². The molecule has 1 heterocycles. The minimum absolute atomic E-state index is 0.486. The third-order valence-electron chi connectivity index (χ3n) is 4.01. The lowest BCUT2D eigenvalue weighted by molar-refractivity contribution is 0.166. The Morgan fingerprint density at radius 2 is 2.22 bits per heavy atom. The van der Waals surface area contributed by atoms with Gasteiger partial charge in [0.05, 0.1) is 0 Å².